The molecule has 1 aliphatic rings. The molecular formula is C19H27NO3. The summed E-state index contributed by atoms with van der Waals surface area (Å²) in [7, 11) is 1.78. The van der Waals surface area contributed by atoms with Gasteiger partial charge in [0.05, 0.1) is 0 Å². The van der Waals surface area contributed by atoms with E-state index in [1.165, 1.54) is 11.1 Å². The topological polar surface area (TPSA) is 46.6 Å². The van der Waals surface area contributed by atoms with Crippen molar-refractivity contribution in [3.8, 4) is 0 Å². The first-order chi connectivity index (χ1) is 10.8. The fourth-order valence-corrected chi connectivity index (χ4v) is 3.46. The van der Waals surface area contributed by atoms with Crippen LogP contribution in [0.4, 0.5) is 4.79 Å². The van der Waals surface area contributed by atoms with Crippen molar-refractivity contribution in [2.75, 3.05) is 13.6 Å². The van der Waals surface area contributed by atoms with Crippen LogP contribution < -0.4 is 0 Å². The van der Waals surface area contributed by atoms with Crippen LogP contribution >= 0.6 is 0 Å². The third-order valence-electron chi connectivity index (χ3n) is 4.45. The average Bonchev–Trinajstić information content (AvgIpc) is 2.83. The van der Waals surface area contributed by atoms with Crippen molar-refractivity contribution in [2.45, 2.75) is 57.5 Å². The Kier molecular flexibility index (Phi) is 5.12. The lowest BCUT2D eigenvalue weighted by molar-refractivity contribution is -0.108. The van der Waals surface area contributed by atoms with Crippen molar-refractivity contribution in [3.05, 3.63) is 35.4 Å². The zero-order valence-corrected chi connectivity index (χ0v) is 14.6. The van der Waals surface area contributed by atoms with Gasteiger partial charge in [-0.2, -0.15) is 0 Å². The monoisotopic (exact) mass is 317 g/mol. The number of carbonyl (C=O) groups is 2. The number of benzene rings is 1. The summed E-state index contributed by atoms with van der Waals surface area (Å²) in [4.78, 5) is 24.9. The number of carbonyl (C=O) groups excluding carboxylic acids is 2. The van der Waals surface area contributed by atoms with Crippen molar-refractivity contribution in [1.29, 1.82) is 0 Å². The number of rotatable bonds is 5. The van der Waals surface area contributed by atoms with E-state index in [4.69, 9.17) is 4.74 Å². The van der Waals surface area contributed by atoms with Crippen molar-refractivity contribution in [1.82, 2.24) is 4.90 Å². The standard InChI is InChI=1S/C19H27NO3/c1-18(2,3)23-17(22)20(4)14-19(11-7-13-21)12-10-15-8-5-6-9-16(15)19/h5-6,8-9,13H,7,10-12,14H2,1-4H3. The van der Waals surface area contributed by atoms with E-state index >= 15 is 0 Å². The van der Waals surface area contributed by atoms with Crippen LogP contribution in [0.3, 0.4) is 0 Å². The normalized spacial score (nSPS) is 20.0. The molecule has 0 N–H and O–H groups in total. The van der Waals surface area contributed by atoms with Crippen LogP contribution in [-0.2, 0) is 21.4 Å². The molecule has 0 heterocycles. The Morgan fingerprint density at radius 3 is 2.70 bits per heavy atom. The van der Waals surface area contributed by atoms with E-state index in [-0.39, 0.29) is 11.5 Å². The van der Waals surface area contributed by atoms with Gasteiger partial charge in [0, 0.05) is 25.4 Å². The smallest absolute Gasteiger partial charge is 0.410 e. The third kappa shape index (κ3) is 4.12. The van der Waals surface area contributed by atoms with Gasteiger partial charge in [-0.25, -0.2) is 4.79 Å². The van der Waals surface area contributed by atoms with Crippen molar-refractivity contribution in [2.24, 2.45) is 0 Å². The maximum Gasteiger partial charge on any atom is 0.410 e. The SMILES string of the molecule is CN(CC1(CCC=O)CCc2ccccc21)C(=O)OC(C)(C)C. The largest absolute Gasteiger partial charge is 0.444 e. The molecule has 0 radical (unpaired) electrons. The van der Waals surface area contributed by atoms with Gasteiger partial charge in [-0.3, -0.25) is 0 Å². The minimum atomic E-state index is -0.505. The molecule has 0 aliphatic heterocycles. The summed E-state index contributed by atoms with van der Waals surface area (Å²) >= 11 is 0. The van der Waals surface area contributed by atoms with Gasteiger partial charge in [0.25, 0.3) is 0 Å². The number of fused-ring (bicyclic) bond motifs is 1. The Morgan fingerprint density at radius 2 is 2.04 bits per heavy atom. The molecule has 0 saturated heterocycles. The number of hydrogen-bond donors (Lipinski definition) is 0. The molecule has 0 fully saturated rings. The van der Waals surface area contributed by atoms with Crippen LogP contribution in [0.15, 0.2) is 24.3 Å². The lowest BCUT2D eigenvalue weighted by Gasteiger charge is -2.35. The number of aryl methyl sites for hydroxylation is 1. The third-order valence-corrected chi connectivity index (χ3v) is 4.45. The first kappa shape index (κ1) is 17.5. The Morgan fingerprint density at radius 1 is 1.35 bits per heavy atom. The molecule has 1 unspecified atom stereocenters. The van der Waals surface area contributed by atoms with E-state index in [1.807, 2.05) is 32.9 Å². The Hall–Kier alpha value is -1.84. The zero-order valence-electron chi connectivity index (χ0n) is 14.6. The molecule has 0 aromatic heterocycles. The predicted octanol–water partition coefficient (Wildman–Crippen LogP) is 3.72. The van der Waals surface area contributed by atoms with Crippen molar-refractivity contribution < 1.29 is 14.3 Å². The fraction of sp³-hybridized carbons (Fsp3) is 0.579. The van der Waals surface area contributed by atoms with Crippen molar-refractivity contribution in [3.63, 3.8) is 0 Å². The summed E-state index contributed by atoms with van der Waals surface area (Å²) in [5.74, 6) is 0. The summed E-state index contributed by atoms with van der Waals surface area (Å²) in [6.07, 6.45) is 3.89. The van der Waals surface area contributed by atoms with Crippen LogP contribution in [0.1, 0.15) is 51.2 Å². The molecule has 1 aliphatic carbocycles. The van der Waals surface area contributed by atoms with E-state index in [0.29, 0.717) is 13.0 Å². The minimum Gasteiger partial charge on any atom is -0.444 e. The van der Waals surface area contributed by atoms with Crippen LogP contribution in [-0.4, -0.2) is 36.5 Å². The Balaban J connectivity index is 2.21. The van der Waals surface area contributed by atoms with E-state index in [2.05, 4.69) is 12.1 Å². The number of nitrogens with zero attached hydrogens (tertiary/aromatic N) is 1. The molecular weight excluding hydrogens is 290 g/mol. The molecule has 1 amide bonds. The quantitative estimate of drug-likeness (QED) is 0.778. The maximum absolute atomic E-state index is 12.3. The molecule has 1 aromatic rings. The number of likely N-dealkylation sites (N-methyl/N-ethyl adjacent to an activating group) is 1. The number of amides is 1. The highest BCUT2D eigenvalue weighted by Gasteiger charge is 2.40. The summed E-state index contributed by atoms with van der Waals surface area (Å²) in [5, 5.41) is 0. The molecule has 0 spiro atoms. The van der Waals surface area contributed by atoms with Gasteiger partial charge in [-0.1, -0.05) is 24.3 Å². The second kappa shape index (κ2) is 6.73. The number of ether oxygens (including phenoxy) is 1. The van der Waals surface area contributed by atoms with E-state index in [1.54, 1.807) is 11.9 Å². The summed E-state index contributed by atoms with van der Waals surface area (Å²) in [6, 6.07) is 8.36. The van der Waals surface area contributed by atoms with E-state index < -0.39 is 5.60 Å². The first-order valence-corrected chi connectivity index (χ1v) is 8.23. The Labute approximate surface area is 138 Å². The molecule has 1 aromatic carbocycles. The lowest BCUT2D eigenvalue weighted by atomic mass is 9.77. The van der Waals surface area contributed by atoms with Gasteiger partial charge in [-0.15, -0.1) is 0 Å². The maximum atomic E-state index is 12.3. The number of hydrogen-bond acceptors (Lipinski definition) is 3. The van der Waals surface area contributed by atoms with Crippen LogP contribution in [0.5, 0.6) is 0 Å². The van der Waals surface area contributed by atoms with Gasteiger partial charge in [0.15, 0.2) is 0 Å². The zero-order chi connectivity index (χ0) is 17.1. The first-order valence-electron chi connectivity index (χ1n) is 8.23. The van der Waals surface area contributed by atoms with Gasteiger partial charge in [0.1, 0.15) is 11.9 Å². The molecule has 1 atom stereocenters. The molecule has 4 heteroatoms. The van der Waals surface area contributed by atoms with Gasteiger partial charge < -0.3 is 14.4 Å². The molecule has 0 bridgehead atoms. The molecule has 0 saturated carbocycles. The second-order valence-corrected chi connectivity index (χ2v) is 7.48. The minimum absolute atomic E-state index is 0.150. The average molecular weight is 317 g/mol. The molecule has 126 valence electrons. The highest BCUT2D eigenvalue weighted by molar-refractivity contribution is 5.68. The molecule has 23 heavy (non-hydrogen) atoms. The van der Waals surface area contributed by atoms with Crippen LogP contribution in [0.2, 0.25) is 0 Å². The van der Waals surface area contributed by atoms with Crippen molar-refractivity contribution >= 4 is 12.4 Å². The summed E-state index contributed by atoms with van der Waals surface area (Å²) in [6.45, 7) is 6.18. The summed E-state index contributed by atoms with van der Waals surface area (Å²) in [5.41, 5.74) is 1.95. The van der Waals surface area contributed by atoms with Crippen LogP contribution in [0.25, 0.3) is 0 Å². The predicted molar refractivity (Wildman–Crippen MR) is 90.6 cm³/mol. The molecule has 4 nitrogen and oxygen atoms in total. The van der Waals surface area contributed by atoms with E-state index in [9.17, 15) is 9.59 Å². The highest BCUT2D eigenvalue weighted by Crippen LogP contribution is 2.42. The molecule has 2 rings (SSSR count). The summed E-state index contributed by atoms with van der Waals surface area (Å²) < 4.78 is 5.46. The van der Waals surface area contributed by atoms with Gasteiger partial charge in [0.2, 0.25) is 0 Å². The van der Waals surface area contributed by atoms with Gasteiger partial charge >= 0.3 is 6.09 Å². The fourth-order valence-electron chi connectivity index (χ4n) is 3.46. The second-order valence-electron chi connectivity index (χ2n) is 7.48. The van der Waals surface area contributed by atoms with Gasteiger partial charge in [-0.05, 0) is 51.2 Å². The Bertz CT molecular complexity index is 576. The number of aldehydes is 1. The van der Waals surface area contributed by atoms with E-state index in [0.717, 1.165) is 25.5 Å². The highest BCUT2D eigenvalue weighted by atomic mass is 16.6. The lowest BCUT2D eigenvalue weighted by Crippen LogP contribution is -2.43. The van der Waals surface area contributed by atoms with Crippen LogP contribution in [0, 0.1) is 0 Å².